The van der Waals surface area contributed by atoms with Gasteiger partial charge in [0.15, 0.2) is 0 Å². The number of hydrogen-bond acceptors (Lipinski definition) is 0. The Hall–Kier alpha value is -0.520. The molecule has 0 aromatic rings. The van der Waals surface area contributed by atoms with Crippen molar-refractivity contribution in [2.45, 2.75) is 59.3 Å². The van der Waals surface area contributed by atoms with Crippen molar-refractivity contribution in [2.24, 2.45) is 5.92 Å². The molecule has 1 atom stereocenters. The molecular weight excluding hydrogens is 168 g/mol. The molecule has 0 heteroatoms. The summed E-state index contributed by atoms with van der Waals surface area (Å²) in [6.07, 6.45) is 16.7. The highest BCUT2D eigenvalue weighted by atomic mass is 14.0. The van der Waals surface area contributed by atoms with Gasteiger partial charge in [-0.3, -0.25) is 0 Å². The second-order valence-corrected chi connectivity index (χ2v) is 4.07. The van der Waals surface area contributed by atoms with Crippen molar-refractivity contribution >= 4 is 0 Å². The predicted molar refractivity (Wildman–Crippen MR) is 66.5 cm³/mol. The Bertz CT molecular complexity index is 153. The lowest BCUT2D eigenvalue weighted by molar-refractivity contribution is 0.486. The minimum atomic E-state index is 0.919. The highest BCUT2D eigenvalue weighted by Gasteiger charge is 1.96. The maximum atomic E-state index is 2.35. The Kier molecular flexibility index (Phi) is 10.2. The first-order chi connectivity index (χ1) is 6.81. The molecule has 0 saturated carbocycles. The summed E-state index contributed by atoms with van der Waals surface area (Å²) in [6, 6.07) is 0. The Morgan fingerprint density at radius 2 is 1.86 bits per heavy atom. The third-order valence-electron chi connectivity index (χ3n) is 2.69. The van der Waals surface area contributed by atoms with Crippen LogP contribution in [0.4, 0.5) is 0 Å². The van der Waals surface area contributed by atoms with Crippen LogP contribution in [0.1, 0.15) is 59.3 Å². The fourth-order valence-corrected chi connectivity index (χ4v) is 1.39. The van der Waals surface area contributed by atoms with E-state index in [0.717, 1.165) is 12.3 Å². The van der Waals surface area contributed by atoms with Gasteiger partial charge in [-0.25, -0.2) is 0 Å². The molecule has 0 spiro atoms. The lowest BCUT2D eigenvalue weighted by atomic mass is 10.0. The van der Waals surface area contributed by atoms with Crippen LogP contribution in [0, 0.1) is 5.92 Å². The molecule has 0 radical (unpaired) electrons. The van der Waals surface area contributed by atoms with Gasteiger partial charge in [-0.05, 0) is 32.1 Å². The summed E-state index contributed by atoms with van der Waals surface area (Å²) in [6.45, 7) is 6.70. The van der Waals surface area contributed by atoms with Crippen LogP contribution in [-0.2, 0) is 0 Å². The number of unbranched alkanes of at least 4 members (excludes halogenated alkanes) is 2. The van der Waals surface area contributed by atoms with Crippen molar-refractivity contribution in [1.29, 1.82) is 0 Å². The topological polar surface area (TPSA) is 0 Å². The van der Waals surface area contributed by atoms with Crippen LogP contribution >= 0.6 is 0 Å². The average molecular weight is 194 g/mol. The smallest absolute Gasteiger partial charge is 0.0169 e. The van der Waals surface area contributed by atoms with Crippen LogP contribution in [0.15, 0.2) is 24.3 Å². The van der Waals surface area contributed by atoms with E-state index in [2.05, 4.69) is 45.1 Å². The summed E-state index contributed by atoms with van der Waals surface area (Å²) in [5, 5.41) is 0. The van der Waals surface area contributed by atoms with Gasteiger partial charge in [-0.2, -0.15) is 0 Å². The van der Waals surface area contributed by atoms with Crippen molar-refractivity contribution in [3.05, 3.63) is 24.3 Å². The molecule has 0 heterocycles. The summed E-state index contributed by atoms with van der Waals surface area (Å²) in [5.74, 6) is 0.919. The molecule has 0 amide bonds. The fraction of sp³-hybridized carbons (Fsp3) is 0.714. The van der Waals surface area contributed by atoms with E-state index in [9.17, 15) is 0 Å². The van der Waals surface area contributed by atoms with Crippen molar-refractivity contribution in [1.82, 2.24) is 0 Å². The minimum absolute atomic E-state index is 0.919. The molecule has 0 aliphatic heterocycles. The highest BCUT2D eigenvalue weighted by molar-refractivity contribution is 4.91. The third-order valence-corrected chi connectivity index (χ3v) is 2.69. The zero-order valence-corrected chi connectivity index (χ0v) is 10.1. The first kappa shape index (κ1) is 13.5. The average Bonchev–Trinajstić information content (AvgIpc) is 2.21. The van der Waals surface area contributed by atoms with E-state index in [4.69, 9.17) is 0 Å². The molecule has 0 aromatic heterocycles. The number of hydrogen-bond donors (Lipinski definition) is 0. The Labute approximate surface area is 90.1 Å². The molecule has 0 fully saturated rings. The van der Waals surface area contributed by atoms with Crippen LogP contribution in [0.3, 0.4) is 0 Å². The molecule has 0 N–H and O–H groups in total. The molecule has 0 bridgehead atoms. The van der Waals surface area contributed by atoms with Crippen LogP contribution in [0.25, 0.3) is 0 Å². The molecule has 14 heavy (non-hydrogen) atoms. The lowest BCUT2D eigenvalue weighted by Gasteiger charge is -2.05. The summed E-state index contributed by atoms with van der Waals surface area (Å²) in [5.41, 5.74) is 0. The molecule has 82 valence electrons. The van der Waals surface area contributed by atoms with Crippen molar-refractivity contribution in [2.75, 3.05) is 0 Å². The maximum absolute atomic E-state index is 2.35. The lowest BCUT2D eigenvalue weighted by Crippen LogP contribution is -1.90. The van der Waals surface area contributed by atoms with Crippen LogP contribution in [0.2, 0.25) is 0 Å². The standard InChI is InChI=1S/C14H26/c1-4-6-7-8-9-10-11-12-13-14(3)5-2/h4,6,8-9,14H,5,7,10-13H2,1-3H3. The molecule has 1 unspecified atom stereocenters. The highest BCUT2D eigenvalue weighted by Crippen LogP contribution is 2.12. The minimum Gasteiger partial charge on any atom is -0.0914 e. The van der Waals surface area contributed by atoms with Crippen molar-refractivity contribution in [3.8, 4) is 0 Å². The maximum Gasteiger partial charge on any atom is -0.0169 e. The van der Waals surface area contributed by atoms with Gasteiger partial charge in [0.1, 0.15) is 0 Å². The summed E-state index contributed by atoms with van der Waals surface area (Å²) >= 11 is 0. The van der Waals surface area contributed by atoms with E-state index in [0.29, 0.717) is 0 Å². The van der Waals surface area contributed by atoms with Gasteiger partial charge in [-0.1, -0.05) is 57.4 Å². The van der Waals surface area contributed by atoms with E-state index >= 15 is 0 Å². The second kappa shape index (κ2) is 10.6. The van der Waals surface area contributed by atoms with Crippen molar-refractivity contribution < 1.29 is 0 Å². The van der Waals surface area contributed by atoms with Gasteiger partial charge in [0, 0.05) is 0 Å². The SMILES string of the molecule is CC=CCC=CCCCCC(C)CC. The van der Waals surface area contributed by atoms with E-state index < -0.39 is 0 Å². The molecule has 0 saturated heterocycles. The van der Waals surface area contributed by atoms with Gasteiger partial charge in [0.25, 0.3) is 0 Å². The third kappa shape index (κ3) is 9.57. The van der Waals surface area contributed by atoms with Gasteiger partial charge in [0.05, 0.1) is 0 Å². The van der Waals surface area contributed by atoms with E-state index in [1.165, 1.54) is 32.1 Å². The largest absolute Gasteiger partial charge is 0.0914 e. The Morgan fingerprint density at radius 3 is 2.50 bits per heavy atom. The summed E-state index contributed by atoms with van der Waals surface area (Å²) in [4.78, 5) is 0. The van der Waals surface area contributed by atoms with Crippen LogP contribution in [0.5, 0.6) is 0 Å². The van der Waals surface area contributed by atoms with Gasteiger partial charge in [0.2, 0.25) is 0 Å². The zero-order chi connectivity index (χ0) is 10.6. The normalized spacial score (nSPS) is 14.2. The second-order valence-electron chi connectivity index (χ2n) is 4.07. The Balaban J connectivity index is 3.16. The quantitative estimate of drug-likeness (QED) is 0.372. The molecule has 0 aliphatic rings. The van der Waals surface area contributed by atoms with Crippen LogP contribution < -0.4 is 0 Å². The van der Waals surface area contributed by atoms with E-state index in [1.54, 1.807) is 0 Å². The van der Waals surface area contributed by atoms with Gasteiger partial charge >= 0.3 is 0 Å². The fourth-order valence-electron chi connectivity index (χ4n) is 1.39. The van der Waals surface area contributed by atoms with Crippen LogP contribution in [-0.4, -0.2) is 0 Å². The monoisotopic (exact) mass is 194 g/mol. The number of allylic oxidation sites excluding steroid dienone is 4. The zero-order valence-electron chi connectivity index (χ0n) is 10.1. The summed E-state index contributed by atoms with van der Waals surface area (Å²) < 4.78 is 0. The van der Waals surface area contributed by atoms with Crippen molar-refractivity contribution in [3.63, 3.8) is 0 Å². The molecule has 0 nitrogen and oxygen atoms in total. The van der Waals surface area contributed by atoms with Gasteiger partial charge in [-0.15, -0.1) is 0 Å². The first-order valence-electron chi connectivity index (χ1n) is 6.07. The van der Waals surface area contributed by atoms with E-state index in [1.807, 2.05) is 0 Å². The predicted octanol–water partition coefficient (Wildman–Crippen LogP) is 5.12. The Morgan fingerprint density at radius 1 is 1.07 bits per heavy atom. The van der Waals surface area contributed by atoms with Gasteiger partial charge < -0.3 is 0 Å². The van der Waals surface area contributed by atoms with E-state index in [-0.39, 0.29) is 0 Å². The number of rotatable bonds is 8. The molecule has 0 rings (SSSR count). The molecular formula is C14H26. The first-order valence-corrected chi connectivity index (χ1v) is 6.07. The molecule has 0 aromatic carbocycles. The molecule has 0 aliphatic carbocycles. The summed E-state index contributed by atoms with van der Waals surface area (Å²) in [7, 11) is 0.